The van der Waals surface area contributed by atoms with E-state index in [2.05, 4.69) is 51.5 Å². The number of aryl methyl sites for hydroxylation is 1. The molecule has 164 valence electrons. The molecule has 0 atom stereocenters. The molecule has 3 heterocycles. The first kappa shape index (κ1) is 21.5. The van der Waals surface area contributed by atoms with Crippen LogP contribution < -0.4 is 10.6 Å². The van der Waals surface area contributed by atoms with Crippen LogP contribution in [0.4, 0.5) is 10.8 Å². The molecule has 0 aliphatic heterocycles. The zero-order valence-electron chi connectivity index (χ0n) is 18.8. The molecule has 0 spiro atoms. The highest BCUT2D eigenvalue weighted by Crippen LogP contribution is 2.40. The number of aromatic nitrogens is 4. The number of hydrogen-bond donors (Lipinski definition) is 2. The summed E-state index contributed by atoms with van der Waals surface area (Å²) in [6.45, 7) is 9.07. The van der Waals surface area contributed by atoms with Crippen molar-refractivity contribution in [1.82, 2.24) is 29.0 Å². The predicted molar refractivity (Wildman–Crippen MR) is 129 cm³/mol. The van der Waals surface area contributed by atoms with E-state index < -0.39 is 0 Å². The minimum Gasteiger partial charge on any atom is -0.393 e. The Morgan fingerprint density at radius 1 is 1.42 bits per heavy atom. The molecule has 0 saturated heterocycles. The Bertz CT molecular complexity index is 1100. The lowest BCUT2D eigenvalue weighted by molar-refractivity contribution is 0.0272. The molecular formula is C23H31N7S. The summed E-state index contributed by atoms with van der Waals surface area (Å²) in [7, 11) is 4.10. The fourth-order valence-corrected chi connectivity index (χ4v) is 5.02. The Morgan fingerprint density at radius 2 is 2.23 bits per heavy atom. The topological polar surface area (TPSA) is 70.4 Å². The predicted octanol–water partition coefficient (Wildman–Crippen LogP) is 4.75. The smallest absolute Gasteiger partial charge is 0.180 e. The van der Waals surface area contributed by atoms with Crippen LogP contribution in [-0.2, 0) is 6.54 Å². The van der Waals surface area contributed by atoms with Crippen molar-refractivity contribution in [3.63, 3.8) is 0 Å². The molecule has 0 radical (unpaired) electrons. The van der Waals surface area contributed by atoms with E-state index in [1.165, 1.54) is 37.2 Å². The van der Waals surface area contributed by atoms with Gasteiger partial charge in [-0.2, -0.15) is 4.37 Å². The van der Waals surface area contributed by atoms with E-state index in [1.54, 1.807) is 0 Å². The Hall–Kier alpha value is -2.71. The van der Waals surface area contributed by atoms with Gasteiger partial charge in [0.1, 0.15) is 5.00 Å². The maximum Gasteiger partial charge on any atom is 0.180 e. The van der Waals surface area contributed by atoms with Crippen LogP contribution in [0.5, 0.6) is 0 Å². The van der Waals surface area contributed by atoms with Gasteiger partial charge >= 0.3 is 0 Å². The van der Waals surface area contributed by atoms with E-state index in [0.29, 0.717) is 5.54 Å². The quantitative estimate of drug-likeness (QED) is 0.471. The van der Waals surface area contributed by atoms with Crippen molar-refractivity contribution in [1.29, 1.82) is 0 Å². The molecule has 0 aromatic carbocycles. The van der Waals surface area contributed by atoms with Crippen molar-refractivity contribution >= 4 is 33.6 Å². The summed E-state index contributed by atoms with van der Waals surface area (Å²) in [6.07, 6.45) is 12.7. The fourth-order valence-electron chi connectivity index (χ4n) is 4.36. The van der Waals surface area contributed by atoms with Crippen molar-refractivity contribution in [3.05, 3.63) is 54.4 Å². The largest absolute Gasteiger partial charge is 0.393 e. The van der Waals surface area contributed by atoms with E-state index >= 15 is 0 Å². The van der Waals surface area contributed by atoms with Gasteiger partial charge in [-0.1, -0.05) is 19.6 Å². The number of nitrogens with zero attached hydrogens (tertiary/aromatic N) is 5. The molecule has 3 aromatic heterocycles. The average molecular weight is 438 g/mol. The van der Waals surface area contributed by atoms with E-state index in [0.717, 1.165) is 45.7 Å². The van der Waals surface area contributed by atoms with Crippen molar-refractivity contribution in [3.8, 4) is 0 Å². The summed E-state index contributed by atoms with van der Waals surface area (Å²) in [5.74, 6) is 0.728. The zero-order valence-corrected chi connectivity index (χ0v) is 19.6. The van der Waals surface area contributed by atoms with Crippen LogP contribution in [0.25, 0.3) is 11.2 Å². The normalized spacial score (nSPS) is 15.8. The van der Waals surface area contributed by atoms with Crippen molar-refractivity contribution in [2.75, 3.05) is 19.4 Å². The molecule has 2 N–H and O–H groups in total. The molecule has 1 saturated carbocycles. The Labute approximate surface area is 188 Å². The number of rotatable bonds is 9. The van der Waals surface area contributed by atoms with Gasteiger partial charge in [-0.05, 0) is 57.3 Å². The molecule has 0 bridgehead atoms. The van der Waals surface area contributed by atoms with Gasteiger partial charge in [-0.15, -0.1) is 0 Å². The highest BCUT2D eigenvalue weighted by Gasteiger charge is 2.38. The molecular weight excluding hydrogens is 406 g/mol. The van der Waals surface area contributed by atoms with Gasteiger partial charge in [0.15, 0.2) is 11.5 Å². The summed E-state index contributed by atoms with van der Waals surface area (Å²) in [4.78, 5) is 11.8. The van der Waals surface area contributed by atoms with Crippen LogP contribution in [-0.4, -0.2) is 43.3 Å². The minimum atomic E-state index is 0.359. The second-order valence-corrected chi connectivity index (χ2v) is 9.06. The van der Waals surface area contributed by atoms with Crippen LogP contribution in [0.2, 0.25) is 0 Å². The Kier molecular flexibility index (Phi) is 6.11. The van der Waals surface area contributed by atoms with E-state index in [1.807, 2.05) is 43.0 Å². The second kappa shape index (κ2) is 8.80. The van der Waals surface area contributed by atoms with E-state index in [9.17, 15) is 0 Å². The summed E-state index contributed by atoms with van der Waals surface area (Å²) in [5, 5.41) is 7.49. The first-order valence-electron chi connectivity index (χ1n) is 10.8. The van der Waals surface area contributed by atoms with Crippen LogP contribution in [0.3, 0.4) is 0 Å². The first-order valence-corrected chi connectivity index (χ1v) is 11.6. The van der Waals surface area contributed by atoms with E-state index in [4.69, 9.17) is 4.98 Å². The fraction of sp³-hybridized carbons (Fsp3) is 0.435. The SMILES string of the molecule is C=C/C(=C\NC)c1cnc2c(Nc3cc(CN(C)C4(CC)CCC4)ns3)nc(C)cn12. The standard InChI is InChI=1S/C23H31N7S/c1-6-17(12-24-4)19-13-25-22-21(26-16(3)14-30(19)22)27-20-11-18(28-31-20)15-29(5)23(7-2)9-8-10-23/h6,11-14,24H,1,7-10,15H2,2-5H3,(H,26,27)/b17-12+. The maximum atomic E-state index is 4.70. The van der Waals surface area contributed by atoms with Gasteiger partial charge in [0.05, 0.1) is 23.3 Å². The van der Waals surface area contributed by atoms with Gasteiger partial charge in [0, 0.05) is 37.1 Å². The third-order valence-corrected chi connectivity index (χ3v) is 7.12. The van der Waals surface area contributed by atoms with Crippen LogP contribution in [0, 0.1) is 6.92 Å². The monoisotopic (exact) mass is 437 g/mol. The third-order valence-electron chi connectivity index (χ3n) is 6.38. The summed E-state index contributed by atoms with van der Waals surface area (Å²) in [5.41, 5.74) is 5.06. The molecule has 8 heteroatoms. The number of fused-ring (bicyclic) bond motifs is 1. The number of nitrogens with one attached hydrogen (secondary N) is 2. The lowest BCUT2D eigenvalue weighted by Crippen LogP contribution is -2.50. The van der Waals surface area contributed by atoms with Gasteiger partial charge in [0.2, 0.25) is 0 Å². The number of allylic oxidation sites excluding steroid dienone is 2. The highest BCUT2D eigenvalue weighted by molar-refractivity contribution is 7.10. The summed E-state index contributed by atoms with van der Waals surface area (Å²) in [6, 6.07) is 2.13. The summed E-state index contributed by atoms with van der Waals surface area (Å²) < 4.78 is 6.73. The molecule has 0 unspecified atom stereocenters. The summed E-state index contributed by atoms with van der Waals surface area (Å²) >= 11 is 1.47. The Balaban J connectivity index is 1.57. The van der Waals surface area contributed by atoms with Crippen LogP contribution in [0.1, 0.15) is 49.7 Å². The first-order chi connectivity index (χ1) is 15.0. The average Bonchev–Trinajstić information content (AvgIpc) is 3.32. The number of imidazole rings is 1. The lowest BCUT2D eigenvalue weighted by Gasteiger charge is -2.48. The third kappa shape index (κ3) is 4.09. The minimum absolute atomic E-state index is 0.359. The van der Waals surface area contributed by atoms with Crippen LogP contribution in [0.15, 0.2) is 37.3 Å². The molecule has 31 heavy (non-hydrogen) atoms. The molecule has 1 aliphatic rings. The van der Waals surface area contributed by atoms with Crippen molar-refractivity contribution in [2.24, 2.45) is 0 Å². The molecule has 0 amide bonds. The molecule has 3 aromatic rings. The van der Waals surface area contributed by atoms with Gasteiger partial charge < -0.3 is 10.6 Å². The second-order valence-electron chi connectivity index (χ2n) is 8.26. The van der Waals surface area contributed by atoms with E-state index in [-0.39, 0.29) is 0 Å². The van der Waals surface area contributed by atoms with Gasteiger partial charge in [-0.25, -0.2) is 9.97 Å². The van der Waals surface area contributed by atoms with Gasteiger partial charge in [0.25, 0.3) is 0 Å². The number of anilines is 2. The zero-order chi connectivity index (χ0) is 22.0. The van der Waals surface area contributed by atoms with Crippen molar-refractivity contribution < 1.29 is 0 Å². The molecule has 4 rings (SSSR count). The molecule has 7 nitrogen and oxygen atoms in total. The van der Waals surface area contributed by atoms with Crippen molar-refractivity contribution in [2.45, 2.75) is 51.6 Å². The number of hydrogen-bond acceptors (Lipinski definition) is 7. The van der Waals surface area contributed by atoms with Crippen LogP contribution >= 0.6 is 11.5 Å². The van der Waals surface area contributed by atoms with Gasteiger partial charge in [-0.3, -0.25) is 9.30 Å². The molecule has 1 fully saturated rings. The highest BCUT2D eigenvalue weighted by atomic mass is 32.1. The lowest BCUT2D eigenvalue weighted by atomic mass is 9.73. The Morgan fingerprint density at radius 3 is 2.87 bits per heavy atom. The molecule has 1 aliphatic carbocycles. The maximum absolute atomic E-state index is 4.70.